The van der Waals surface area contributed by atoms with Crippen molar-refractivity contribution in [2.24, 2.45) is 5.92 Å². The fraction of sp³-hybridized carbons (Fsp3) is 0.429. The first-order valence-corrected chi connectivity index (χ1v) is 9.01. The first kappa shape index (κ1) is 14.5. The lowest BCUT2D eigenvalue weighted by Crippen LogP contribution is -2.24. The van der Waals surface area contributed by atoms with Crippen LogP contribution in [0.25, 0.3) is 11.4 Å². The second-order valence-corrected chi connectivity index (χ2v) is 8.06. The fourth-order valence-electron chi connectivity index (χ4n) is 2.47. The van der Waals surface area contributed by atoms with Crippen LogP contribution in [0, 0.1) is 5.92 Å². The van der Waals surface area contributed by atoms with Gasteiger partial charge in [0.05, 0.1) is 11.5 Å². The van der Waals surface area contributed by atoms with Crippen molar-refractivity contribution in [1.82, 2.24) is 10.1 Å². The van der Waals surface area contributed by atoms with Gasteiger partial charge in [0.1, 0.15) is 9.84 Å². The molecule has 0 bridgehead atoms. The molecule has 1 saturated heterocycles. The molecule has 112 valence electrons. The summed E-state index contributed by atoms with van der Waals surface area (Å²) in [6, 6.07) is 7.27. The molecule has 0 unspecified atom stereocenters. The van der Waals surface area contributed by atoms with Crippen LogP contribution in [0.1, 0.15) is 18.7 Å². The molecule has 1 aliphatic heterocycles. The summed E-state index contributed by atoms with van der Waals surface area (Å²) in [5.41, 5.74) is 0.809. The summed E-state index contributed by atoms with van der Waals surface area (Å²) in [5, 5.41) is 4.58. The van der Waals surface area contributed by atoms with E-state index in [0.29, 0.717) is 41.9 Å². The molecule has 0 amide bonds. The average Bonchev–Trinajstić information content (AvgIpc) is 2.90. The van der Waals surface area contributed by atoms with E-state index in [1.807, 2.05) is 12.1 Å². The maximum Gasteiger partial charge on any atom is 0.227 e. The maximum atomic E-state index is 11.4. The van der Waals surface area contributed by atoms with Gasteiger partial charge in [-0.3, -0.25) is 0 Å². The van der Waals surface area contributed by atoms with Crippen LogP contribution in [0.2, 0.25) is 5.02 Å². The fourth-order valence-corrected chi connectivity index (χ4v) is 4.25. The van der Waals surface area contributed by atoms with Crippen LogP contribution in [-0.2, 0) is 16.3 Å². The zero-order valence-corrected chi connectivity index (χ0v) is 12.9. The molecule has 21 heavy (non-hydrogen) atoms. The monoisotopic (exact) mass is 326 g/mol. The van der Waals surface area contributed by atoms with E-state index in [4.69, 9.17) is 16.1 Å². The molecule has 1 fully saturated rings. The van der Waals surface area contributed by atoms with Gasteiger partial charge in [-0.15, -0.1) is 0 Å². The molecule has 0 aliphatic carbocycles. The van der Waals surface area contributed by atoms with Gasteiger partial charge in [0.2, 0.25) is 11.7 Å². The van der Waals surface area contributed by atoms with Gasteiger partial charge < -0.3 is 4.52 Å². The number of halogens is 1. The molecule has 5 nitrogen and oxygen atoms in total. The van der Waals surface area contributed by atoms with Gasteiger partial charge in [-0.05, 0) is 30.9 Å². The first-order chi connectivity index (χ1) is 10.0. The van der Waals surface area contributed by atoms with Crippen molar-refractivity contribution in [3.05, 3.63) is 35.2 Å². The molecule has 0 saturated carbocycles. The quantitative estimate of drug-likeness (QED) is 0.867. The highest BCUT2D eigenvalue weighted by molar-refractivity contribution is 7.91. The van der Waals surface area contributed by atoms with Crippen molar-refractivity contribution in [2.45, 2.75) is 19.3 Å². The minimum atomic E-state index is -2.83. The van der Waals surface area contributed by atoms with E-state index < -0.39 is 9.84 Å². The Morgan fingerprint density at radius 3 is 2.76 bits per heavy atom. The SMILES string of the molecule is O=S1(=O)CCC(Cc2nc(-c3cccc(Cl)c3)no2)CC1. The molecule has 1 aromatic carbocycles. The van der Waals surface area contributed by atoms with Gasteiger partial charge in [0.25, 0.3) is 0 Å². The molecule has 1 aromatic heterocycles. The molecule has 0 atom stereocenters. The van der Waals surface area contributed by atoms with E-state index in [1.165, 1.54) is 0 Å². The van der Waals surface area contributed by atoms with Crippen molar-refractivity contribution in [2.75, 3.05) is 11.5 Å². The highest BCUT2D eigenvalue weighted by atomic mass is 35.5. The van der Waals surface area contributed by atoms with Crippen molar-refractivity contribution < 1.29 is 12.9 Å². The number of aromatic nitrogens is 2. The van der Waals surface area contributed by atoms with Crippen molar-refractivity contribution >= 4 is 21.4 Å². The molecule has 2 aromatic rings. The summed E-state index contributed by atoms with van der Waals surface area (Å²) in [5.74, 6) is 1.87. The number of hydrogen-bond donors (Lipinski definition) is 0. The summed E-state index contributed by atoms with van der Waals surface area (Å²) in [6.45, 7) is 0. The maximum absolute atomic E-state index is 11.4. The van der Waals surface area contributed by atoms with Gasteiger partial charge in [-0.2, -0.15) is 4.98 Å². The summed E-state index contributed by atoms with van der Waals surface area (Å²) >= 11 is 5.94. The van der Waals surface area contributed by atoms with Crippen LogP contribution in [0.4, 0.5) is 0 Å². The number of benzene rings is 1. The third kappa shape index (κ3) is 3.63. The Morgan fingerprint density at radius 2 is 2.05 bits per heavy atom. The van der Waals surface area contributed by atoms with Crippen LogP contribution in [0.15, 0.2) is 28.8 Å². The third-order valence-corrected chi connectivity index (χ3v) is 5.64. The van der Waals surface area contributed by atoms with Crippen molar-refractivity contribution in [3.63, 3.8) is 0 Å². The van der Waals surface area contributed by atoms with Crippen molar-refractivity contribution in [3.8, 4) is 11.4 Å². The second kappa shape index (κ2) is 5.77. The number of hydrogen-bond acceptors (Lipinski definition) is 5. The molecule has 0 spiro atoms. The van der Waals surface area contributed by atoms with Crippen LogP contribution in [0.5, 0.6) is 0 Å². The van der Waals surface area contributed by atoms with Crippen molar-refractivity contribution in [1.29, 1.82) is 0 Å². The van der Waals surface area contributed by atoms with Crippen LogP contribution in [0.3, 0.4) is 0 Å². The summed E-state index contributed by atoms with van der Waals surface area (Å²) in [6.07, 6.45) is 1.96. The first-order valence-electron chi connectivity index (χ1n) is 6.81. The lowest BCUT2D eigenvalue weighted by Gasteiger charge is -2.19. The van der Waals surface area contributed by atoms with Gasteiger partial charge in [-0.25, -0.2) is 8.42 Å². The van der Waals surface area contributed by atoms with E-state index >= 15 is 0 Å². The predicted octanol–water partition coefficient (Wildman–Crippen LogP) is 2.76. The molecular weight excluding hydrogens is 312 g/mol. The largest absolute Gasteiger partial charge is 0.339 e. The van der Waals surface area contributed by atoms with E-state index in [-0.39, 0.29) is 11.5 Å². The van der Waals surface area contributed by atoms with Gasteiger partial charge in [0, 0.05) is 17.0 Å². The Hall–Kier alpha value is -1.40. The molecule has 0 N–H and O–H groups in total. The third-order valence-electron chi connectivity index (χ3n) is 3.69. The Balaban J connectivity index is 1.68. The van der Waals surface area contributed by atoms with Crippen LogP contribution >= 0.6 is 11.6 Å². The topological polar surface area (TPSA) is 73.1 Å². The number of nitrogens with zero attached hydrogens (tertiary/aromatic N) is 2. The minimum Gasteiger partial charge on any atom is -0.339 e. The predicted molar refractivity (Wildman–Crippen MR) is 79.8 cm³/mol. The highest BCUT2D eigenvalue weighted by Gasteiger charge is 2.25. The number of sulfone groups is 1. The van der Waals surface area contributed by atoms with Gasteiger partial charge in [0.15, 0.2) is 0 Å². The Labute approximate surface area is 128 Å². The molecule has 7 heteroatoms. The summed E-state index contributed by atoms with van der Waals surface area (Å²) in [7, 11) is -2.83. The van der Waals surface area contributed by atoms with E-state index in [0.717, 1.165) is 5.56 Å². The lowest BCUT2D eigenvalue weighted by atomic mass is 9.99. The van der Waals surface area contributed by atoms with Crippen LogP contribution in [-0.4, -0.2) is 30.1 Å². The Bertz CT molecular complexity index is 728. The Morgan fingerprint density at radius 1 is 1.29 bits per heavy atom. The highest BCUT2D eigenvalue weighted by Crippen LogP contribution is 2.24. The molecular formula is C14H15ClN2O3S. The molecule has 0 radical (unpaired) electrons. The minimum absolute atomic E-state index is 0.257. The standard InChI is InChI=1S/C14H15ClN2O3S/c15-12-3-1-2-11(9-12)14-16-13(20-17-14)8-10-4-6-21(18,19)7-5-10/h1-3,9-10H,4-8H2. The zero-order chi connectivity index (χ0) is 14.9. The smallest absolute Gasteiger partial charge is 0.227 e. The van der Waals surface area contributed by atoms with Gasteiger partial charge in [-0.1, -0.05) is 28.9 Å². The summed E-state index contributed by atoms with van der Waals surface area (Å²) in [4.78, 5) is 4.37. The molecule has 1 aliphatic rings. The average molecular weight is 327 g/mol. The molecule has 3 rings (SSSR count). The van der Waals surface area contributed by atoms with E-state index in [9.17, 15) is 8.42 Å². The zero-order valence-electron chi connectivity index (χ0n) is 11.3. The lowest BCUT2D eigenvalue weighted by molar-refractivity contribution is 0.342. The van der Waals surface area contributed by atoms with Gasteiger partial charge >= 0.3 is 0 Å². The Kier molecular flexibility index (Phi) is 3.99. The van der Waals surface area contributed by atoms with E-state index in [1.54, 1.807) is 12.1 Å². The molecule has 2 heterocycles. The second-order valence-electron chi connectivity index (χ2n) is 5.32. The summed E-state index contributed by atoms with van der Waals surface area (Å²) < 4.78 is 28.1. The van der Waals surface area contributed by atoms with Crippen LogP contribution < -0.4 is 0 Å². The number of rotatable bonds is 3. The normalized spacial score (nSPS) is 18.7. The van der Waals surface area contributed by atoms with E-state index in [2.05, 4.69) is 10.1 Å².